The Morgan fingerprint density at radius 2 is 2.31 bits per heavy atom. The van der Waals surface area contributed by atoms with E-state index >= 15 is 0 Å². The van der Waals surface area contributed by atoms with Crippen molar-refractivity contribution in [3.05, 3.63) is 24.9 Å². The molecule has 0 saturated carbocycles. The Morgan fingerprint density at radius 3 is 2.69 bits per heavy atom. The highest BCUT2D eigenvalue weighted by Gasteiger charge is 2.10. The van der Waals surface area contributed by atoms with Crippen LogP contribution in [0.15, 0.2) is 24.9 Å². The molecule has 2 atom stereocenters. The van der Waals surface area contributed by atoms with Crippen molar-refractivity contribution in [3.8, 4) is 0 Å². The molecule has 74 valence electrons. The standard InChI is InChI=1S/C10H18N2O/c1-3-4-9(5-6-11)7-10(8-13)12-2/h3,5-6,8-10,12H,1,4,7,11H2,2H3/b6-5-/t9?,10-/m0/s1. The lowest BCUT2D eigenvalue weighted by Gasteiger charge is -2.14. The number of hydrogen-bond acceptors (Lipinski definition) is 3. The number of rotatable bonds is 7. The van der Waals surface area contributed by atoms with Gasteiger partial charge in [-0.2, -0.15) is 0 Å². The van der Waals surface area contributed by atoms with Crippen molar-refractivity contribution in [2.75, 3.05) is 7.05 Å². The summed E-state index contributed by atoms with van der Waals surface area (Å²) in [6.45, 7) is 3.66. The molecule has 0 fully saturated rings. The van der Waals surface area contributed by atoms with Gasteiger partial charge in [0, 0.05) is 0 Å². The van der Waals surface area contributed by atoms with Crippen molar-refractivity contribution in [2.45, 2.75) is 18.9 Å². The third kappa shape index (κ3) is 5.20. The highest BCUT2D eigenvalue weighted by atomic mass is 16.1. The quantitative estimate of drug-likeness (QED) is 0.453. The maximum absolute atomic E-state index is 10.5. The minimum absolute atomic E-state index is 0.0962. The lowest BCUT2D eigenvalue weighted by molar-refractivity contribution is -0.109. The molecule has 0 aromatic heterocycles. The fourth-order valence-corrected chi connectivity index (χ4v) is 1.19. The van der Waals surface area contributed by atoms with E-state index in [4.69, 9.17) is 5.73 Å². The van der Waals surface area contributed by atoms with E-state index in [-0.39, 0.29) is 6.04 Å². The summed E-state index contributed by atoms with van der Waals surface area (Å²) < 4.78 is 0. The summed E-state index contributed by atoms with van der Waals surface area (Å²) in [4.78, 5) is 10.5. The number of nitrogens with two attached hydrogens (primary N) is 1. The molecule has 0 aliphatic heterocycles. The van der Waals surface area contributed by atoms with Crippen LogP contribution < -0.4 is 11.1 Å². The van der Waals surface area contributed by atoms with Gasteiger partial charge in [0.1, 0.15) is 6.29 Å². The number of aldehydes is 1. The monoisotopic (exact) mass is 182 g/mol. The lowest BCUT2D eigenvalue weighted by atomic mass is 9.97. The van der Waals surface area contributed by atoms with Crippen molar-refractivity contribution in [2.24, 2.45) is 11.7 Å². The van der Waals surface area contributed by atoms with Crippen LogP contribution in [0.4, 0.5) is 0 Å². The van der Waals surface area contributed by atoms with Gasteiger partial charge in [0.25, 0.3) is 0 Å². The first kappa shape index (κ1) is 11.9. The zero-order valence-corrected chi connectivity index (χ0v) is 8.07. The zero-order chi connectivity index (χ0) is 10.1. The second-order valence-electron chi connectivity index (χ2n) is 2.94. The molecular formula is C10H18N2O. The molecule has 0 rings (SSSR count). The summed E-state index contributed by atoms with van der Waals surface area (Å²) in [7, 11) is 1.77. The van der Waals surface area contributed by atoms with E-state index in [1.54, 1.807) is 7.05 Å². The van der Waals surface area contributed by atoms with Crippen molar-refractivity contribution in [1.29, 1.82) is 0 Å². The molecule has 0 aliphatic rings. The van der Waals surface area contributed by atoms with Gasteiger partial charge >= 0.3 is 0 Å². The molecule has 1 unspecified atom stereocenters. The van der Waals surface area contributed by atoms with Crippen molar-refractivity contribution < 1.29 is 4.79 Å². The third-order valence-electron chi connectivity index (χ3n) is 1.94. The molecule has 13 heavy (non-hydrogen) atoms. The smallest absolute Gasteiger partial charge is 0.136 e. The highest BCUT2D eigenvalue weighted by Crippen LogP contribution is 2.12. The number of allylic oxidation sites excluding steroid dienone is 2. The van der Waals surface area contributed by atoms with Gasteiger partial charge in [0.05, 0.1) is 6.04 Å². The molecule has 3 heteroatoms. The Hall–Kier alpha value is -1.09. The first-order chi connectivity index (χ1) is 6.28. The summed E-state index contributed by atoms with van der Waals surface area (Å²) in [5, 5.41) is 2.92. The van der Waals surface area contributed by atoms with E-state index in [2.05, 4.69) is 11.9 Å². The molecule has 0 aromatic rings. The molecule has 0 bridgehead atoms. The Bertz CT molecular complexity index is 178. The molecule has 0 aromatic carbocycles. The number of hydrogen-bond donors (Lipinski definition) is 2. The molecular weight excluding hydrogens is 164 g/mol. The molecule has 3 nitrogen and oxygen atoms in total. The van der Waals surface area contributed by atoms with Gasteiger partial charge in [-0.1, -0.05) is 12.2 Å². The van der Waals surface area contributed by atoms with E-state index in [0.29, 0.717) is 5.92 Å². The maximum atomic E-state index is 10.5. The minimum Gasteiger partial charge on any atom is -0.405 e. The fraction of sp³-hybridized carbons (Fsp3) is 0.500. The van der Waals surface area contributed by atoms with Crippen molar-refractivity contribution in [3.63, 3.8) is 0 Å². The highest BCUT2D eigenvalue weighted by molar-refractivity contribution is 5.57. The van der Waals surface area contributed by atoms with Crippen LogP contribution in [-0.4, -0.2) is 19.4 Å². The van der Waals surface area contributed by atoms with Crippen LogP contribution in [0.25, 0.3) is 0 Å². The normalized spacial score (nSPS) is 15.5. The first-order valence-electron chi connectivity index (χ1n) is 4.40. The fourth-order valence-electron chi connectivity index (χ4n) is 1.19. The molecule has 0 heterocycles. The van der Waals surface area contributed by atoms with E-state index in [0.717, 1.165) is 19.1 Å². The number of carbonyl (C=O) groups excluding carboxylic acids is 1. The average Bonchev–Trinajstić information content (AvgIpc) is 2.14. The van der Waals surface area contributed by atoms with E-state index in [9.17, 15) is 4.79 Å². The molecule has 0 amide bonds. The molecule has 0 aliphatic carbocycles. The van der Waals surface area contributed by atoms with Crippen LogP contribution in [0.5, 0.6) is 0 Å². The van der Waals surface area contributed by atoms with Gasteiger partial charge in [-0.3, -0.25) is 0 Å². The number of likely N-dealkylation sites (N-methyl/N-ethyl adjacent to an activating group) is 1. The predicted molar refractivity (Wildman–Crippen MR) is 55.2 cm³/mol. The first-order valence-corrected chi connectivity index (χ1v) is 4.40. The van der Waals surface area contributed by atoms with E-state index < -0.39 is 0 Å². The predicted octanol–water partition coefficient (Wildman–Crippen LogP) is 0.828. The maximum Gasteiger partial charge on any atom is 0.136 e. The summed E-state index contributed by atoms with van der Waals surface area (Å²) in [5.41, 5.74) is 5.29. The molecule has 0 saturated heterocycles. The molecule has 0 radical (unpaired) electrons. The Balaban J connectivity index is 4.05. The summed E-state index contributed by atoms with van der Waals surface area (Å²) in [5.74, 6) is 0.296. The second-order valence-corrected chi connectivity index (χ2v) is 2.94. The van der Waals surface area contributed by atoms with Crippen LogP contribution in [-0.2, 0) is 4.79 Å². The van der Waals surface area contributed by atoms with Crippen molar-refractivity contribution >= 4 is 6.29 Å². The van der Waals surface area contributed by atoms with E-state index in [1.165, 1.54) is 6.20 Å². The summed E-state index contributed by atoms with van der Waals surface area (Å²) in [6.07, 6.45) is 7.78. The van der Waals surface area contributed by atoms with Crippen molar-refractivity contribution in [1.82, 2.24) is 5.32 Å². The topological polar surface area (TPSA) is 55.1 Å². The number of nitrogens with one attached hydrogen (secondary N) is 1. The Morgan fingerprint density at radius 1 is 1.62 bits per heavy atom. The van der Waals surface area contributed by atoms with E-state index in [1.807, 2.05) is 12.2 Å². The van der Waals surface area contributed by atoms with Gasteiger partial charge < -0.3 is 15.8 Å². The zero-order valence-electron chi connectivity index (χ0n) is 8.07. The van der Waals surface area contributed by atoms with Gasteiger partial charge in [0.15, 0.2) is 0 Å². The van der Waals surface area contributed by atoms with Crippen LogP contribution in [0.2, 0.25) is 0 Å². The summed E-state index contributed by atoms with van der Waals surface area (Å²) in [6, 6.07) is -0.0962. The summed E-state index contributed by atoms with van der Waals surface area (Å²) >= 11 is 0. The van der Waals surface area contributed by atoms with Crippen LogP contribution in [0.1, 0.15) is 12.8 Å². The van der Waals surface area contributed by atoms with Crippen LogP contribution >= 0.6 is 0 Å². The van der Waals surface area contributed by atoms with Crippen LogP contribution in [0, 0.1) is 5.92 Å². The molecule has 3 N–H and O–H groups in total. The van der Waals surface area contributed by atoms with Gasteiger partial charge in [-0.05, 0) is 32.0 Å². The Labute approximate surface area is 79.7 Å². The molecule has 0 spiro atoms. The largest absolute Gasteiger partial charge is 0.405 e. The van der Waals surface area contributed by atoms with Gasteiger partial charge in [-0.25, -0.2) is 0 Å². The minimum atomic E-state index is -0.0962. The number of carbonyl (C=O) groups is 1. The average molecular weight is 182 g/mol. The SMILES string of the molecule is C=CCC(/C=C\N)C[C@@H](C=O)NC. The van der Waals surface area contributed by atoms with Crippen LogP contribution in [0.3, 0.4) is 0 Å². The second kappa shape index (κ2) is 7.55. The third-order valence-corrected chi connectivity index (χ3v) is 1.94. The Kier molecular flexibility index (Phi) is 6.92. The van der Waals surface area contributed by atoms with Gasteiger partial charge in [0.2, 0.25) is 0 Å². The lowest BCUT2D eigenvalue weighted by Crippen LogP contribution is -2.28. The van der Waals surface area contributed by atoms with Gasteiger partial charge in [-0.15, -0.1) is 6.58 Å².